The lowest BCUT2D eigenvalue weighted by Gasteiger charge is -2.12. The Morgan fingerprint density at radius 1 is 1.60 bits per heavy atom. The van der Waals surface area contributed by atoms with Crippen LogP contribution in [0.1, 0.15) is 6.42 Å². The van der Waals surface area contributed by atoms with Gasteiger partial charge in [-0.1, -0.05) is 17.7 Å². The molecule has 0 aliphatic heterocycles. The minimum absolute atomic E-state index is 0.138. The van der Waals surface area contributed by atoms with Crippen LogP contribution < -0.4 is 11.3 Å². The maximum atomic E-state index is 5.87. The lowest BCUT2D eigenvalue weighted by Crippen LogP contribution is -2.36. The van der Waals surface area contributed by atoms with Crippen molar-refractivity contribution in [2.24, 2.45) is 5.84 Å². The SMILES string of the molecule is C#CCC(CSc1cccc(Cl)c1)NN. The summed E-state index contributed by atoms with van der Waals surface area (Å²) < 4.78 is 0. The van der Waals surface area contributed by atoms with E-state index < -0.39 is 0 Å². The molecule has 4 heteroatoms. The van der Waals surface area contributed by atoms with Crippen LogP contribution in [0.4, 0.5) is 0 Å². The average Bonchev–Trinajstić information content (AvgIpc) is 2.24. The highest BCUT2D eigenvalue weighted by Gasteiger charge is 2.05. The van der Waals surface area contributed by atoms with Gasteiger partial charge in [0.25, 0.3) is 0 Å². The van der Waals surface area contributed by atoms with Gasteiger partial charge in [-0.3, -0.25) is 11.3 Å². The first-order valence-electron chi connectivity index (χ1n) is 4.54. The van der Waals surface area contributed by atoms with Gasteiger partial charge in [-0.2, -0.15) is 0 Å². The van der Waals surface area contributed by atoms with Crippen LogP contribution in [0, 0.1) is 12.3 Å². The van der Waals surface area contributed by atoms with E-state index in [1.165, 1.54) is 0 Å². The van der Waals surface area contributed by atoms with Gasteiger partial charge in [-0.05, 0) is 18.2 Å². The van der Waals surface area contributed by atoms with Crippen LogP contribution in [0.2, 0.25) is 5.02 Å². The van der Waals surface area contributed by atoms with Crippen molar-refractivity contribution in [1.29, 1.82) is 0 Å². The van der Waals surface area contributed by atoms with E-state index in [0.717, 1.165) is 15.7 Å². The second-order valence-corrected chi connectivity index (χ2v) is 4.57. The van der Waals surface area contributed by atoms with Gasteiger partial charge >= 0.3 is 0 Å². The molecule has 0 aromatic heterocycles. The molecule has 0 spiro atoms. The van der Waals surface area contributed by atoms with Crippen LogP contribution in [0.25, 0.3) is 0 Å². The van der Waals surface area contributed by atoms with E-state index in [9.17, 15) is 0 Å². The minimum atomic E-state index is 0.138. The van der Waals surface area contributed by atoms with E-state index in [1.807, 2.05) is 24.3 Å². The molecule has 0 aliphatic carbocycles. The van der Waals surface area contributed by atoms with Crippen LogP contribution in [0.15, 0.2) is 29.2 Å². The van der Waals surface area contributed by atoms with Gasteiger partial charge in [0.15, 0.2) is 0 Å². The Labute approximate surface area is 99.5 Å². The predicted molar refractivity (Wildman–Crippen MR) is 66.7 cm³/mol. The number of rotatable bonds is 5. The molecule has 15 heavy (non-hydrogen) atoms. The third-order valence-electron chi connectivity index (χ3n) is 1.85. The summed E-state index contributed by atoms with van der Waals surface area (Å²) in [5.41, 5.74) is 2.69. The number of nitrogens with two attached hydrogens (primary N) is 1. The van der Waals surface area contributed by atoms with Gasteiger partial charge < -0.3 is 0 Å². The molecule has 1 aromatic rings. The Bertz CT molecular complexity index is 349. The summed E-state index contributed by atoms with van der Waals surface area (Å²) in [5, 5.41) is 0.745. The number of terminal acetylenes is 1. The van der Waals surface area contributed by atoms with Gasteiger partial charge in [0.1, 0.15) is 0 Å². The van der Waals surface area contributed by atoms with E-state index in [1.54, 1.807) is 11.8 Å². The highest BCUT2D eigenvalue weighted by atomic mass is 35.5. The molecule has 1 atom stereocenters. The maximum Gasteiger partial charge on any atom is 0.0417 e. The molecule has 1 unspecified atom stereocenters. The maximum absolute atomic E-state index is 5.87. The Morgan fingerprint density at radius 3 is 3.00 bits per heavy atom. The Hall–Kier alpha value is -0.660. The molecule has 80 valence electrons. The number of nitrogens with one attached hydrogen (secondary N) is 1. The zero-order valence-corrected chi connectivity index (χ0v) is 9.81. The third kappa shape index (κ3) is 4.59. The highest BCUT2D eigenvalue weighted by Crippen LogP contribution is 2.22. The Morgan fingerprint density at radius 2 is 2.40 bits per heavy atom. The van der Waals surface area contributed by atoms with Gasteiger partial charge in [0.05, 0.1) is 0 Å². The summed E-state index contributed by atoms with van der Waals surface area (Å²) in [6.45, 7) is 0. The molecular weight excluding hydrogens is 228 g/mol. The van der Waals surface area contributed by atoms with Crippen LogP contribution in [0.3, 0.4) is 0 Å². The zero-order valence-electron chi connectivity index (χ0n) is 8.24. The van der Waals surface area contributed by atoms with E-state index in [2.05, 4.69) is 11.3 Å². The first-order chi connectivity index (χ1) is 7.26. The molecule has 3 N–H and O–H groups in total. The van der Waals surface area contributed by atoms with Crippen molar-refractivity contribution in [2.45, 2.75) is 17.4 Å². The Balaban J connectivity index is 2.46. The molecule has 0 amide bonds. The number of benzene rings is 1. The van der Waals surface area contributed by atoms with E-state index in [-0.39, 0.29) is 6.04 Å². The number of thioether (sulfide) groups is 1. The fourth-order valence-corrected chi connectivity index (χ4v) is 2.31. The normalized spacial score (nSPS) is 12.1. The number of hydrazine groups is 1. The molecule has 0 heterocycles. The summed E-state index contributed by atoms with van der Waals surface area (Å²) in [6.07, 6.45) is 5.85. The summed E-state index contributed by atoms with van der Waals surface area (Å²) in [5.74, 6) is 8.79. The van der Waals surface area contributed by atoms with Gasteiger partial charge in [0, 0.05) is 28.1 Å². The predicted octanol–water partition coefficient (Wildman–Crippen LogP) is 2.29. The Kier molecular flexibility index (Phi) is 5.59. The van der Waals surface area contributed by atoms with Crippen LogP contribution in [-0.4, -0.2) is 11.8 Å². The quantitative estimate of drug-likeness (QED) is 0.359. The van der Waals surface area contributed by atoms with Crippen LogP contribution in [0.5, 0.6) is 0 Å². The van der Waals surface area contributed by atoms with Crippen molar-refractivity contribution in [3.05, 3.63) is 29.3 Å². The van der Waals surface area contributed by atoms with Gasteiger partial charge in [0.2, 0.25) is 0 Å². The first-order valence-corrected chi connectivity index (χ1v) is 5.90. The topological polar surface area (TPSA) is 38.0 Å². The number of hydrogen-bond donors (Lipinski definition) is 2. The fourth-order valence-electron chi connectivity index (χ4n) is 1.06. The first kappa shape index (κ1) is 12.4. The molecule has 2 nitrogen and oxygen atoms in total. The monoisotopic (exact) mass is 240 g/mol. The lowest BCUT2D eigenvalue weighted by molar-refractivity contribution is 0.592. The highest BCUT2D eigenvalue weighted by molar-refractivity contribution is 7.99. The lowest BCUT2D eigenvalue weighted by atomic mass is 10.3. The molecule has 0 aliphatic rings. The molecule has 0 saturated carbocycles. The number of hydrogen-bond acceptors (Lipinski definition) is 3. The van der Waals surface area contributed by atoms with E-state index in [0.29, 0.717) is 6.42 Å². The summed E-state index contributed by atoms with van der Waals surface area (Å²) in [4.78, 5) is 1.12. The average molecular weight is 241 g/mol. The third-order valence-corrected chi connectivity index (χ3v) is 3.24. The smallest absolute Gasteiger partial charge is 0.0417 e. The van der Waals surface area contributed by atoms with Crippen LogP contribution >= 0.6 is 23.4 Å². The van der Waals surface area contributed by atoms with Crippen molar-refractivity contribution in [1.82, 2.24) is 5.43 Å². The van der Waals surface area contributed by atoms with Crippen molar-refractivity contribution in [2.75, 3.05) is 5.75 Å². The molecule has 1 aromatic carbocycles. The van der Waals surface area contributed by atoms with Crippen LogP contribution in [-0.2, 0) is 0 Å². The molecule has 0 fully saturated rings. The molecular formula is C11H13ClN2S. The van der Waals surface area contributed by atoms with E-state index >= 15 is 0 Å². The van der Waals surface area contributed by atoms with Gasteiger partial charge in [-0.15, -0.1) is 24.1 Å². The van der Waals surface area contributed by atoms with Crippen molar-refractivity contribution in [3.8, 4) is 12.3 Å². The second-order valence-electron chi connectivity index (χ2n) is 3.04. The summed E-state index contributed by atoms with van der Waals surface area (Å²) in [6, 6.07) is 7.86. The van der Waals surface area contributed by atoms with Crippen molar-refractivity contribution < 1.29 is 0 Å². The second kappa shape index (κ2) is 6.76. The van der Waals surface area contributed by atoms with E-state index in [4.69, 9.17) is 23.9 Å². The van der Waals surface area contributed by atoms with Gasteiger partial charge in [-0.25, -0.2) is 0 Å². The molecule has 0 saturated heterocycles. The molecule has 0 bridgehead atoms. The molecule has 0 radical (unpaired) electrons. The largest absolute Gasteiger partial charge is 0.271 e. The van der Waals surface area contributed by atoms with Crippen molar-refractivity contribution >= 4 is 23.4 Å². The van der Waals surface area contributed by atoms with Crippen molar-refractivity contribution in [3.63, 3.8) is 0 Å². The fraction of sp³-hybridized carbons (Fsp3) is 0.273. The zero-order chi connectivity index (χ0) is 11.1. The molecule has 1 rings (SSSR count). The summed E-state index contributed by atoms with van der Waals surface area (Å²) >= 11 is 7.55. The number of halogens is 1. The standard InChI is InChI=1S/C11H13ClN2S/c1-2-4-10(14-13)8-15-11-6-3-5-9(12)7-11/h1,3,5-7,10,14H,4,8,13H2. The minimum Gasteiger partial charge on any atom is -0.271 e. The summed E-state index contributed by atoms with van der Waals surface area (Å²) in [7, 11) is 0.